The topological polar surface area (TPSA) is 77.0 Å². The molecule has 0 aliphatic rings. The highest BCUT2D eigenvalue weighted by molar-refractivity contribution is 7.21. The molecule has 4 rings (SSSR count). The lowest BCUT2D eigenvalue weighted by Gasteiger charge is -2.09. The summed E-state index contributed by atoms with van der Waals surface area (Å²) in [6.07, 6.45) is 3.30. The predicted octanol–water partition coefficient (Wildman–Crippen LogP) is 4.40. The SMILES string of the molecule is CCOc1ncccc1C(=O)Nc1ccc(-c2nc3ccccc3s2)cn1. The fourth-order valence-electron chi connectivity index (χ4n) is 2.59. The van der Waals surface area contributed by atoms with Crippen LogP contribution >= 0.6 is 11.3 Å². The van der Waals surface area contributed by atoms with E-state index in [1.165, 1.54) is 0 Å². The smallest absolute Gasteiger partial charge is 0.262 e. The molecule has 6 nitrogen and oxygen atoms in total. The Balaban J connectivity index is 1.53. The van der Waals surface area contributed by atoms with E-state index in [0.717, 1.165) is 20.8 Å². The normalized spacial score (nSPS) is 10.7. The number of nitrogens with zero attached hydrogens (tertiary/aromatic N) is 3. The van der Waals surface area contributed by atoms with E-state index in [0.29, 0.717) is 23.9 Å². The maximum Gasteiger partial charge on any atom is 0.262 e. The highest BCUT2D eigenvalue weighted by Gasteiger charge is 2.14. The lowest BCUT2D eigenvalue weighted by Crippen LogP contribution is -2.15. The summed E-state index contributed by atoms with van der Waals surface area (Å²) in [5.41, 5.74) is 2.25. The average molecular weight is 376 g/mol. The molecule has 0 bridgehead atoms. The van der Waals surface area contributed by atoms with Crippen LogP contribution in [0.2, 0.25) is 0 Å². The summed E-state index contributed by atoms with van der Waals surface area (Å²) in [4.78, 5) is 25.6. The predicted molar refractivity (Wildman–Crippen MR) is 106 cm³/mol. The van der Waals surface area contributed by atoms with Gasteiger partial charge in [0.1, 0.15) is 16.4 Å². The third-order valence-electron chi connectivity index (χ3n) is 3.84. The van der Waals surface area contributed by atoms with Gasteiger partial charge in [-0.15, -0.1) is 11.3 Å². The summed E-state index contributed by atoms with van der Waals surface area (Å²) in [5, 5.41) is 3.67. The maximum atomic E-state index is 12.5. The number of rotatable bonds is 5. The average Bonchev–Trinajstić information content (AvgIpc) is 3.13. The number of carbonyl (C=O) groups excluding carboxylic acids is 1. The molecule has 3 heterocycles. The number of pyridine rings is 2. The molecular formula is C20H16N4O2S. The van der Waals surface area contributed by atoms with Gasteiger partial charge < -0.3 is 10.1 Å². The number of fused-ring (bicyclic) bond motifs is 1. The first-order chi connectivity index (χ1) is 13.2. The van der Waals surface area contributed by atoms with Crippen molar-refractivity contribution >= 4 is 33.3 Å². The molecule has 0 fully saturated rings. The number of aromatic nitrogens is 3. The number of carbonyl (C=O) groups is 1. The molecule has 134 valence electrons. The maximum absolute atomic E-state index is 12.5. The van der Waals surface area contributed by atoms with Gasteiger partial charge in [-0.1, -0.05) is 12.1 Å². The van der Waals surface area contributed by atoms with E-state index in [2.05, 4.69) is 20.3 Å². The number of thiazole rings is 1. The van der Waals surface area contributed by atoms with Crippen molar-refractivity contribution in [2.75, 3.05) is 11.9 Å². The largest absolute Gasteiger partial charge is 0.477 e. The van der Waals surface area contributed by atoms with Gasteiger partial charge in [0.05, 0.1) is 16.8 Å². The van der Waals surface area contributed by atoms with Crippen molar-refractivity contribution < 1.29 is 9.53 Å². The van der Waals surface area contributed by atoms with Crippen LogP contribution in [0.5, 0.6) is 5.88 Å². The van der Waals surface area contributed by atoms with Crippen molar-refractivity contribution in [2.24, 2.45) is 0 Å². The van der Waals surface area contributed by atoms with Crippen LogP contribution in [-0.2, 0) is 0 Å². The molecule has 0 radical (unpaired) electrons. The molecule has 1 amide bonds. The van der Waals surface area contributed by atoms with Gasteiger partial charge in [-0.3, -0.25) is 4.79 Å². The van der Waals surface area contributed by atoms with Crippen LogP contribution in [-0.4, -0.2) is 27.5 Å². The molecule has 1 aromatic carbocycles. The third-order valence-corrected chi connectivity index (χ3v) is 4.93. The molecule has 0 aliphatic carbocycles. The number of amides is 1. The summed E-state index contributed by atoms with van der Waals surface area (Å²) in [7, 11) is 0. The lowest BCUT2D eigenvalue weighted by atomic mass is 10.2. The molecule has 4 aromatic rings. The lowest BCUT2D eigenvalue weighted by molar-refractivity contribution is 0.102. The monoisotopic (exact) mass is 376 g/mol. The van der Waals surface area contributed by atoms with E-state index in [1.807, 2.05) is 37.3 Å². The minimum absolute atomic E-state index is 0.309. The number of hydrogen-bond donors (Lipinski definition) is 1. The minimum atomic E-state index is -0.313. The van der Waals surface area contributed by atoms with Crippen molar-refractivity contribution in [1.82, 2.24) is 15.0 Å². The molecule has 0 spiro atoms. The Morgan fingerprint density at radius 2 is 2.00 bits per heavy atom. The van der Waals surface area contributed by atoms with Crippen molar-refractivity contribution in [3.05, 3.63) is 66.5 Å². The molecule has 0 atom stereocenters. The summed E-state index contributed by atoms with van der Waals surface area (Å²) >= 11 is 1.61. The molecule has 0 saturated carbocycles. The molecule has 3 aromatic heterocycles. The highest BCUT2D eigenvalue weighted by Crippen LogP contribution is 2.30. The van der Waals surface area contributed by atoms with Crippen molar-refractivity contribution in [3.63, 3.8) is 0 Å². The van der Waals surface area contributed by atoms with E-state index in [9.17, 15) is 4.79 Å². The Morgan fingerprint density at radius 1 is 1.11 bits per heavy atom. The second kappa shape index (κ2) is 7.51. The van der Waals surface area contributed by atoms with Gasteiger partial charge in [0.25, 0.3) is 5.91 Å². The van der Waals surface area contributed by atoms with Gasteiger partial charge in [0.2, 0.25) is 5.88 Å². The molecule has 7 heteroatoms. The van der Waals surface area contributed by atoms with Crippen molar-refractivity contribution in [3.8, 4) is 16.5 Å². The van der Waals surface area contributed by atoms with Crippen molar-refractivity contribution in [1.29, 1.82) is 0 Å². The van der Waals surface area contributed by atoms with E-state index in [-0.39, 0.29) is 5.91 Å². The Labute approximate surface area is 159 Å². The molecule has 27 heavy (non-hydrogen) atoms. The third kappa shape index (κ3) is 3.63. The fourth-order valence-corrected chi connectivity index (χ4v) is 3.54. The number of hydrogen-bond acceptors (Lipinski definition) is 6. The Hall–Kier alpha value is -3.32. The van der Waals surface area contributed by atoms with Gasteiger partial charge >= 0.3 is 0 Å². The van der Waals surface area contributed by atoms with E-state index in [1.54, 1.807) is 41.9 Å². The van der Waals surface area contributed by atoms with Crippen LogP contribution in [0, 0.1) is 0 Å². The standard InChI is InChI=1S/C20H16N4O2S/c1-2-26-19-14(6-5-11-21-19)18(25)24-17-10-9-13(12-22-17)20-23-15-7-3-4-8-16(15)27-20/h3-12H,2H2,1H3,(H,22,24,25). The van der Waals surface area contributed by atoms with Gasteiger partial charge in [0, 0.05) is 18.0 Å². The number of ether oxygens (including phenoxy) is 1. The number of benzene rings is 1. The molecule has 0 saturated heterocycles. The first kappa shape index (κ1) is 17.1. The zero-order valence-electron chi connectivity index (χ0n) is 14.5. The van der Waals surface area contributed by atoms with Gasteiger partial charge in [-0.05, 0) is 43.3 Å². The van der Waals surface area contributed by atoms with Gasteiger partial charge in [-0.2, -0.15) is 0 Å². The number of para-hydroxylation sites is 1. The van der Waals surface area contributed by atoms with Crippen molar-refractivity contribution in [2.45, 2.75) is 6.92 Å². The zero-order valence-corrected chi connectivity index (χ0v) is 15.4. The Bertz CT molecular complexity index is 1060. The Kier molecular flexibility index (Phi) is 4.76. The first-order valence-corrected chi connectivity index (χ1v) is 9.27. The summed E-state index contributed by atoms with van der Waals surface area (Å²) in [6, 6.07) is 15.0. The van der Waals surface area contributed by atoms with Crippen LogP contribution in [0.3, 0.4) is 0 Å². The molecule has 0 unspecified atom stereocenters. The number of nitrogens with one attached hydrogen (secondary N) is 1. The Morgan fingerprint density at radius 3 is 2.78 bits per heavy atom. The summed E-state index contributed by atoms with van der Waals surface area (Å²) < 4.78 is 6.53. The minimum Gasteiger partial charge on any atom is -0.477 e. The van der Waals surface area contributed by atoms with E-state index in [4.69, 9.17) is 4.74 Å². The zero-order chi connectivity index (χ0) is 18.6. The van der Waals surface area contributed by atoms with Crippen LogP contribution in [0.1, 0.15) is 17.3 Å². The first-order valence-electron chi connectivity index (χ1n) is 8.46. The summed E-state index contributed by atoms with van der Waals surface area (Å²) in [6.45, 7) is 2.28. The molecular weight excluding hydrogens is 360 g/mol. The van der Waals surface area contributed by atoms with Crippen LogP contribution in [0.25, 0.3) is 20.8 Å². The van der Waals surface area contributed by atoms with Gasteiger partial charge in [0.15, 0.2) is 0 Å². The summed E-state index contributed by atoms with van der Waals surface area (Å²) in [5.74, 6) is 0.451. The van der Waals surface area contributed by atoms with Crippen LogP contribution < -0.4 is 10.1 Å². The molecule has 1 N–H and O–H groups in total. The molecule has 0 aliphatic heterocycles. The second-order valence-corrected chi connectivity index (χ2v) is 6.69. The number of anilines is 1. The van der Waals surface area contributed by atoms with Gasteiger partial charge in [-0.25, -0.2) is 15.0 Å². The van der Waals surface area contributed by atoms with E-state index >= 15 is 0 Å². The van der Waals surface area contributed by atoms with Crippen LogP contribution in [0.4, 0.5) is 5.82 Å². The quantitative estimate of drug-likeness (QED) is 0.558. The van der Waals surface area contributed by atoms with E-state index < -0.39 is 0 Å². The highest BCUT2D eigenvalue weighted by atomic mass is 32.1. The van der Waals surface area contributed by atoms with Crippen LogP contribution in [0.15, 0.2) is 60.9 Å². The second-order valence-electron chi connectivity index (χ2n) is 5.66. The fraction of sp³-hybridized carbons (Fsp3) is 0.100.